The summed E-state index contributed by atoms with van der Waals surface area (Å²) in [7, 11) is 0. The van der Waals surface area contributed by atoms with Crippen LogP contribution >= 0.6 is 0 Å². The van der Waals surface area contributed by atoms with Crippen molar-refractivity contribution in [3.8, 4) is 0 Å². The third-order valence-electron chi connectivity index (χ3n) is 3.08. The molecule has 0 spiro atoms. The van der Waals surface area contributed by atoms with E-state index in [-0.39, 0.29) is 56.2 Å². The summed E-state index contributed by atoms with van der Waals surface area (Å²) in [4.78, 5) is 45.9. The molecule has 1 aromatic heterocycles. The van der Waals surface area contributed by atoms with Crippen LogP contribution in [0.5, 0.6) is 0 Å². The van der Waals surface area contributed by atoms with Gasteiger partial charge in [0.25, 0.3) is 0 Å². The van der Waals surface area contributed by atoms with Crippen LogP contribution in [0.4, 0.5) is 0 Å². The van der Waals surface area contributed by atoms with Crippen molar-refractivity contribution in [1.82, 2.24) is 0 Å². The molecule has 136 valence electrons. The number of furan rings is 1. The minimum atomic E-state index is -0.435. The maximum absolute atomic E-state index is 11.9. The lowest BCUT2D eigenvalue weighted by Crippen LogP contribution is -2.07. The number of allylic oxidation sites excluding steroid dienone is 1. The molecule has 0 N–H and O–H groups in total. The highest BCUT2D eigenvalue weighted by Gasteiger charge is 2.13. The lowest BCUT2D eigenvalue weighted by atomic mass is 10.2. The Balaban J connectivity index is 2.46. The first-order chi connectivity index (χ1) is 12.0. The Morgan fingerprint density at radius 1 is 0.920 bits per heavy atom. The van der Waals surface area contributed by atoms with Gasteiger partial charge in [-0.25, -0.2) is 0 Å². The molecule has 1 rings (SSSR count). The zero-order valence-electron chi connectivity index (χ0n) is 14.4. The molecule has 0 aliphatic rings. The van der Waals surface area contributed by atoms with Crippen LogP contribution in [0.15, 0.2) is 22.6 Å². The van der Waals surface area contributed by atoms with E-state index in [4.69, 9.17) is 13.9 Å². The normalized spacial score (nSPS) is 10.6. The number of esters is 2. The SMILES string of the molecule is CCOC(=O)CCC(=O)/C=C/c1ccc(C(=O)CCC(=O)OCC)o1. The number of hydrogen-bond acceptors (Lipinski definition) is 7. The second-order valence-corrected chi connectivity index (χ2v) is 5.03. The van der Waals surface area contributed by atoms with Gasteiger partial charge in [0.2, 0.25) is 0 Å². The van der Waals surface area contributed by atoms with Gasteiger partial charge < -0.3 is 13.9 Å². The summed E-state index contributed by atoms with van der Waals surface area (Å²) in [5.74, 6) is -0.973. The maximum Gasteiger partial charge on any atom is 0.306 e. The fraction of sp³-hybridized carbons (Fsp3) is 0.444. The zero-order chi connectivity index (χ0) is 18.7. The largest absolute Gasteiger partial charge is 0.466 e. The van der Waals surface area contributed by atoms with Crippen molar-refractivity contribution < 1.29 is 33.1 Å². The molecule has 0 saturated heterocycles. The van der Waals surface area contributed by atoms with Crippen molar-refractivity contribution in [2.45, 2.75) is 39.5 Å². The molecular weight excluding hydrogens is 328 g/mol. The zero-order valence-corrected chi connectivity index (χ0v) is 14.4. The lowest BCUT2D eigenvalue weighted by Gasteiger charge is -1.99. The summed E-state index contributed by atoms with van der Waals surface area (Å²) in [6.45, 7) is 3.94. The number of Topliss-reactive ketones (excluding diaryl/α,β-unsaturated/α-hetero) is 1. The average molecular weight is 350 g/mol. The molecule has 0 aliphatic heterocycles. The Hall–Kier alpha value is -2.70. The van der Waals surface area contributed by atoms with Gasteiger partial charge in [0, 0.05) is 12.8 Å². The first kappa shape index (κ1) is 20.3. The van der Waals surface area contributed by atoms with Gasteiger partial charge in [0.05, 0.1) is 26.1 Å². The van der Waals surface area contributed by atoms with E-state index in [1.54, 1.807) is 19.9 Å². The van der Waals surface area contributed by atoms with Gasteiger partial charge in [-0.3, -0.25) is 19.2 Å². The Morgan fingerprint density at radius 3 is 2.12 bits per heavy atom. The molecule has 7 heteroatoms. The quantitative estimate of drug-likeness (QED) is 0.343. The Morgan fingerprint density at radius 2 is 1.52 bits per heavy atom. The topological polar surface area (TPSA) is 99.9 Å². The monoisotopic (exact) mass is 350 g/mol. The van der Waals surface area contributed by atoms with Crippen LogP contribution in [0.2, 0.25) is 0 Å². The molecule has 7 nitrogen and oxygen atoms in total. The van der Waals surface area contributed by atoms with Crippen molar-refractivity contribution in [3.05, 3.63) is 29.7 Å². The molecule has 0 aliphatic carbocycles. The average Bonchev–Trinajstić information content (AvgIpc) is 3.05. The van der Waals surface area contributed by atoms with Crippen LogP contribution in [0.3, 0.4) is 0 Å². The second-order valence-electron chi connectivity index (χ2n) is 5.03. The Labute approximate surface area is 146 Å². The first-order valence-electron chi connectivity index (χ1n) is 8.11. The van der Waals surface area contributed by atoms with Gasteiger partial charge in [-0.15, -0.1) is 0 Å². The van der Waals surface area contributed by atoms with Gasteiger partial charge in [-0.2, -0.15) is 0 Å². The van der Waals surface area contributed by atoms with E-state index in [1.165, 1.54) is 18.2 Å². The van der Waals surface area contributed by atoms with Gasteiger partial charge in [-0.05, 0) is 38.1 Å². The van der Waals surface area contributed by atoms with Crippen molar-refractivity contribution in [2.75, 3.05) is 13.2 Å². The van der Waals surface area contributed by atoms with Crippen LogP contribution in [0.1, 0.15) is 55.8 Å². The van der Waals surface area contributed by atoms with E-state index in [2.05, 4.69) is 0 Å². The Bertz CT molecular complexity index is 640. The molecule has 1 heterocycles. The molecule has 0 amide bonds. The highest BCUT2D eigenvalue weighted by Crippen LogP contribution is 2.13. The Kier molecular flexibility index (Phi) is 8.92. The van der Waals surface area contributed by atoms with Crippen molar-refractivity contribution >= 4 is 29.6 Å². The fourth-order valence-electron chi connectivity index (χ4n) is 1.88. The van der Waals surface area contributed by atoms with E-state index in [1.807, 2.05) is 0 Å². The summed E-state index contributed by atoms with van der Waals surface area (Å²) >= 11 is 0. The molecule has 0 atom stereocenters. The van der Waals surface area contributed by atoms with Crippen molar-refractivity contribution in [1.29, 1.82) is 0 Å². The van der Waals surface area contributed by atoms with E-state index in [9.17, 15) is 19.2 Å². The number of carbonyl (C=O) groups excluding carboxylic acids is 4. The van der Waals surface area contributed by atoms with Crippen LogP contribution in [0.25, 0.3) is 6.08 Å². The molecule has 25 heavy (non-hydrogen) atoms. The van der Waals surface area contributed by atoms with Gasteiger partial charge in [0.15, 0.2) is 17.3 Å². The molecule has 1 aromatic rings. The van der Waals surface area contributed by atoms with Crippen molar-refractivity contribution in [2.24, 2.45) is 0 Å². The third-order valence-corrected chi connectivity index (χ3v) is 3.08. The smallest absolute Gasteiger partial charge is 0.306 e. The molecule has 0 fully saturated rings. The summed E-state index contributed by atoms with van der Waals surface area (Å²) in [5.41, 5.74) is 0. The number of rotatable bonds is 11. The van der Waals surface area contributed by atoms with E-state index >= 15 is 0 Å². The summed E-state index contributed by atoms with van der Waals surface area (Å²) in [5, 5.41) is 0. The molecular formula is C18H22O7. The van der Waals surface area contributed by atoms with E-state index < -0.39 is 11.9 Å². The number of ketones is 2. The minimum Gasteiger partial charge on any atom is -0.466 e. The lowest BCUT2D eigenvalue weighted by molar-refractivity contribution is -0.144. The van der Waals surface area contributed by atoms with Crippen LogP contribution < -0.4 is 0 Å². The number of ether oxygens (including phenoxy) is 2. The van der Waals surface area contributed by atoms with Crippen LogP contribution in [0, 0.1) is 0 Å². The van der Waals surface area contributed by atoms with Gasteiger partial charge in [0.1, 0.15) is 5.76 Å². The molecule has 0 unspecified atom stereocenters. The van der Waals surface area contributed by atoms with Gasteiger partial charge >= 0.3 is 11.9 Å². The van der Waals surface area contributed by atoms with Crippen molar-refractivity contribution in [3.63, 3.8) is 0 Å². The standard InChI is InChI=1S/C18H22O7/c1-3-23-17(21)11-6-13(19)5-7-14-8-10-16(25-14)15(20)9-12-18(22)24-4-2/h5,7-8,10H,3-4,6,9,11-12H2,1-2H3/b7-5+. The van der Waals surface area contributed by atoms with E-state index in [0.29, 0.717) is 5.76 Å². The molecule has 0 radical (unpaired) electrons. The molecule has 0 bridgehead atoms. The van der Waals surface area contributed by atoms with Crippen LogP contribution in [-0.4, -0.2) is 36.7 Å². The predicted molar refractivity (Wildman–Crippen MR) is 88.8 cm³/mol. The summed E-state index contributed by atoms with van der Waals surface area (Å²) in [6.07, 6.45) is 2.76. The number of hydrogen-bond donors (Lipinski definition) is 0. The summed E-state index contributed by atoms with van der Waals surface area (Å²) in [6, 6.07) is 3.03. The highest BCUT2D eigenvalue weighted by molar-refractivity contribution is 5.96. The first-order valence-corrected chi connectivity index (χ1v) is 8.11. The fourth-order valence-corrected chi connectivity index (χ4v) is 1.88. The van der Waals surface area contributed by atoms with Gasteiger partial charge in [-0.1, -0.05) is 0 Å². The minimum absolute atomic E-state index is 0.00598. The predicted octanol–water partition coefficient (Wildman–Crippen LogP) is 2.73. The number of carbonyl (C=O) groups is 4. The summed E-state index contributed by atoms with van der Waals surface area (Å²) < 4.78 is 14.8. The highest BCUT2D eigenvalue weighted by atomic mass is 16.5. The molecule has 0 saturated carbocycles. The third kappa shape index (κ3) is 8.10. The molecule has 0 aromatic carbocycles. The van der Waals surface area contributed by atoms with E-state index in [0.717, 1.165) is 0 Å². The van der Waals surface area contributed by atoms with Crippen LogP contribution in [-0.2, 0) is 23.9 Å². The second kappa shape index (κ2) is 11.0. The maximum atomic E-state index is 11.9.